The SMILES string of the molecule is COC(=O)/C=C/CCNC(=O)c1noc2c1CC(C)CC2. The van der Waals surface area contributed by atoms with Gasteiger partial charge >= 0.3 is 5.97 Å². The summed E-state index contributed by atoms with van der Waals surface area (Å²) >= 11 is 0. The lowest BCUT2D eigenvalue weighted by atomic mass is 9.88. The van der Waals surface area contributed by atoms with Gasteiger partial charge in [0.2, 0.25) is 0 Å². The topological polar surface area (TPSA) is 81.4 Å². The maximum absolute atomic E-state index is 12.1. The Bertz CT molecular complexity index is 548. The molecule has 6 heteroatoms. The van der Waals surface area contributed by atoms with Crippen LogP contribution < -0.4 is 5.32 Å². The van der Waals surface area contributed by atoms with Crippen LogP contribution in [0.5, 0.6) is 0 Å². The quantitative estimate of drug-likeness (QED) is 0.507. The number of hydrogen-bond donors (Lipinski definition) is 1. The lowest BCUT2D eigenvalue weighted by Gasteiger charge is -2.16. The van der Waals surface area contributed by atoms with E-state index in [1.165, 1.54) is 13.2 Å². The number of rotatable bonds is 5. The van der Waals surface area contributed by atoms with E-state index in [2.05, 4.69) is 22.1 Å². The predicted octanol–water partition coefficient (Wildman–Crippen LogP) is 1.65. The molecule has 1 aromatic rings. The van der Waals surface area contributed by atoms with Gasteiger partial charge in [-0.1, -0.05) is 18.2 Å². The molecule has 0 aromatic carbocycles. The molecule has 1 aliphatic carbocycles. The molecule has 1 atom stereocenters. The monoisotopic (exact) mass is 292 g/mol. The van der Waals surface area contributed by atoms with Crippen LogP contribution in [0.2, 0.25) is 0 Å². The highest BCUT2D eigenvalue weighted by Crippen LogP contribution is 2.27. The van der Waals surface area contributed by atoms with Crippen LogP contribution in [-0.2, 0) is 22.4 Å². The van der Waals surface area contributed by atoms with Crippen LogP contribution in [0.1, 0.15) is 41.6 Å². The number of nitrogens with zero attached hydrogens (tertiary/aromatic N) is 1. The highest BCUT2D eigenvalue weighted by Gasteiger charge is 2.26. The smallest absolute Gasteiger partial charge is 0.330 e. The molecule has 0 saturated carbocycles. The number of aryl methyl sites for hydroxylation is 1. The van der Waals surface area contributed by atoms with Crippen molar-refractivity contribution in [3.63, 3.8) is 0 Å². The van der Waals surface area contributed by atoms with Crippen molar-refractivity contribution in [3.8, 4) is 0 Å². The van der Waals surface area contributed by atoms with Crippen LogP contribution in [-0.4, -0.2) is 30.7 Å². The van der Waals surface area contributed by atoms with Gasteiger partial charge in [0.15, 0.2) is 5.69 Å². The van der Waals surface area contributed by atoms with Gasteiger partial charge in [0, 0.05) is 24.6 Å². The number of hydrogen-bond acceptors (Lipinski definition) is 5. The van der Waals surface area contributed by atoms with E-state index in [9.17, 15) is 9.59 Å². The zero-order valence-corrected chi connectivity index (χ0v) is 12.3. The van der Waals surface area contributed by atoms with E-state index >= 15 is 0 Å². The van der Waals surface area contributed by atoms with Crippen molar-refractivity contribution in [1.29, 1.82) is 0 Å². The van der Waals surface area contributed by atoms with Crippen LogP contribution in [0.15, 0.2) is 16.7 Å². The zero-order valence-electron chi connectivity index (χ0n) is 12.3. The standard InChI is InChI=1S/C15H20N2O4/c1-10-6-7-12-11(9-10)14(17-21-12)15(19)16-8-4-3-5-13(18)20-2/h3,5,10H,4,6-9H2,1-2H3,(H,16,19)/b5-3+. The second-order valence-electron chi connectivity index (χ2n) is 5.25. The van der Waals surface area contributed by atoms with Crippen LogP contribution in [0.3, 0.4) is 0 Å². The third-order valence-electron chi connectivity index (χ3n) is 3.55. The first kappa shape index (κ1) is 15.3. The minimum absolute atomic E-state index is 0.222. The van der Waals surface area contributed by atoms with Gasteiger partial charge in [-0.15, -0.1) is 0 Å². The molecular formula is C15H20N2O4. The molecule has 6 nitrogen and oxygen atoms in total. The van der Waals surface area contributed by atoms with Gasteiger partial charge in [-0.2, -0.15) is 0 Å². The molecule has 0 spiro atoms. The fourth-order valence-corrected chi connectivity index (χ4v) is 2.36. The highest BCUT2D eigenvalue weighted by atomic mass is 16.5. The Balaban J connectivity index is 1.86. The van der Waals surface area contributed by atoms with Gasteiger partial charge in [-0.25, -0.2) is 4.79 Å². The third kappa shape index (κ3) is 3.93. The van der Waals surface area contributed by atoms with Gasteiger partial charge in [0.1, 0.15) is 5.76 Å². The second kappa shape index (κ2) is 7.06. The molecule has 1 N–H and O–H groups in total. The van der Waals surface area contributed by atoms with Crippen molar-refractivity contribution in [2.24, 2.45) is 5.92 Å². The Labute approximate surface area is 123 Å². The van der Waals surface area contributed by atoms with Crippen LogP contribution in [0, 0.1) is 5.92 Å². The lowest BCUT2D eigenvalue weighted by molar-refractivity contribution is -0.134. The summed E-state index contributed by atoms with van der Waals surface area (Å²) in [5.41, 5.74) is 1.34. The fraction of sp³-hybridized carbons (Fsp3) is 0.533. The molecule has 1 aliphatic rings. The summed E-state index contributed by atoms with van der Waals surface area (Å²) in [4.78, 5) is 23.0. The maximum atomic E-state index is 12.1. The number of amides is 1. The Hall–Kier alpha value is -2.11. The summed E-state index contributed by atoms with van der Waals surface area (Å²) in [6, 6.07) is 0. The van der Waals surface area contributed by atoms with Crippen molar-refractivity contribution < 1.29 is 18.8 Å². The van der Waals surface area contributed by atoms with Gasteiger partial charge in [-0.05, 0) is 25.2 Å². The van der Waals surface area contributed by atoms with E-state index in [0.717, 1.165) is 30.6 Å². The average Bonchev–Trinajstić information content (AvgIpc) is 2.89. The second-order valence-corrected chi connectivity index (χ2v) is 5.25. The molecule has 0 bridgehead atoms. The minimum Gasteiger partial charge on any atom is -0.466 e. The predicted molar refractivity (Wildman–Crippen MR) is 75.8 cm³/mol. The van der Waals surface area contributed by atoms with Gasteiger partial charge in [-0.3, -0.25) is 4.79 Å². The Morgan fingerprint density at radius 3 is 3.10 bits per heavy atom. The molecule has 0 fully saturated rings. The molecular weight excluding hydrogens is 272 g/mol. The summed E-state index contributed by atoms with van der Waals surface area (Å²) in [6.07, 6.45) is 6.31. The molecule has 0 radical (unpaired) electrons. The number of nitrogens with one attached hydrogen (secondary N) is 1. The highest BCUT2D eigenvalue weighted by molar-refractivity contribution is 5.93. The lowest BCUT2D eigenvalue weighted by Crippen LogP contribution is -2.26. The zero-order chi connectivity index (χ0) is 15.2. The normalized spacial score (nSPS) is 17.5. The molecule has 1 aromatic heterocycles. The van der Waals surface area contributed by atoms with E-state index in [0.29, 0.717) is 24.6 Å². The van der Waals surface area contributed by atoms with Crippen LogP contribution >= 0.6 is 0 Å². The molecule has 0 saturated heterocycles. The average molecular weight is 292 g/mol. The van der Waals surface area contributed by atoms with Gasteiger partial charge < -0.3 is 14.6 Å². The van der Waals surface area contributed by atoms with Crippen LogP contribution in [0.25, 0.3) is 0 Å². The molecule has 1 unspecified atom stereocenters. The van der Waals surface area contributed by atoms with E-state index in [1.807, 2.05) is 0 Å². The number of carbonyl (C=O) groups excluding carboxylic acids is 2. The minimum atomic E-state index is -0.402. The summed E-state index contributed by atoms with van der Waals surface area (Å²) in [6.45, 7) is 2.60. The van der Waals surface area contributed by atoms with E-state index in [4.69, 9.17) is 4.52 Å². The van der Waals surface area contributed by atoms with Crippen molar-refractivity contribution in [3.05, 3.63) is 29.2 Å². The number of esters is 1. The summed E-state index contributed by atoms with van der Waals surface area (Å²) in [7, 11) is 1.32. The number of carbonyl (C=O) groups is 2. The van der Waals surface area contributed by atoms with E-state index in [-0.39, 0.29) is 5.91 Å². The summed E-state index contributed by atoms with van der Waals surface area (Å²) in [5.74, 6) is 0.761. The number of methoxy groups -OCH3 is 1. The molecule has 1 amide bonds. The number of aromatic nitrogens is 1. The molecule has 0 aliphatic heterocycles. The van der Waals surface area contributed by atoms with Crippen LogP contribution in [0.4, 0.5) is 0 Å². The van der Waals surface area contributed by atoms with E-state index < -0.39 is 5.97 Å². The summed E-state index contributed by atoms with van der Waals surface area (Å²) < 4.78 is 9.72. The Kier molecular flexibility index (Phi) is 5.14. The number of fused-ring (bicyclic) bond motifs is 1. The molecule has 114 valence electrons. The van der Waals surface area contributed by atoms with Crippen molar-refractivity contribution >= 4 is 11.9 Å². The van der Waals surface area contributed by atoms with Gasteiger partial charge in [0.25, 0.3) is 5.91 Å². The third-order valence-corrected chi connectivity index (χ3v) is 3.55. The maximum Gasteiger partial charge on any atom is 0.330 e. The molecule has 21 heavy (non-hydrogen) atoms. The van der Waals surface area contributed by atoms with E-state index in [1.54, 1.807) is 6.08 Å². The first-order valence-electron chi connectivity index (χ1n) is 7.12. The largest absolute Gasteiger partial charge is 0.466 e. The summed E-state index contributed by atoms with van der Waals surface area (Å²) in [5, 5.41) is 6.67. The fourth-order valence-electron chi connectivity index (χ4n) is 2.36. The molecule has 2 rings (SSSR count). The van der Waals surface area contributed by atoms with Crippen molar-refractivity contribution in [2.75, 3.05) is 13.7 Å². The number of ether oxygens (including phenoxy) is 1. The van der Waals surface area contributed by atoms with Crippen molar-refractivity contribution in [1.82, 2.24) is 10.5 Å². The molecule has 1 heterocycles. The first-order valence-corrected chi connectivity index (χ1v) is 7.12. The van der Waals surface area contributed by atoms with Gasteiger partial charge in [0.05, 0.1) is 7.11 Å². The Morgan fingerprint density at radius 1 is 1.52 bits per heavy atom. The first-order chi connectivity index (χ1) is 10.1. The van der Waals surface area contributed by atoms with Crippen molar-refractivity contribution in [2.45, 2.75) is 32.6 Å². The Morgan fingerprint density at radius 2 is 2.33 bits per heavy atom.